The highest BCUT2D eigenvalue weighted by Crippen LogP contribution is 2.47. The van der Waals surface area contributed by atoms with Crippen LogP contribution in [0.2, 0.25) is 0 Å². The smallest absolute Gasteiger partial charge is 0.229 e. The van der Waals surface area contributed by atoms with Crippen LogP contribution in [0.15, 0.2) is 36.8 Å². The first-order valence-corrected chi connectivity index (χ1v) is 7.75. The minimum Gasteiger partial charge on any atom is -0.327 e. The van der Waals surface area contributed by atoms with Gasteiger partial charge in [-0.25, -0.2) is 9.67 Å². The molecule has 0 radical (unpaired) electrons. The van der Waals surface area contributed by atoms with Crippen molar-refractivity contribution >= 4 is 11.6 Å². The number of carbonyl (C=O) groups excluding carboxylic acids is 1. The van der Waals surface area contributed by atoms with Gasteiger partial charge in [-0.3, -0.25) is 4.79 Å². The lowest BCUT2D eigenvalue weighted by Crippen LogP contribution is -2.42. The van der Waals surface area contributed by atoms with Crippen molar-refractivity contribution in [2.75, 3.05) is 5.32 Å². The van der Waals surface area contributed by atoms with Crippen LogP contribution >= 0.6 is 0 Å². The van der Waals surface area contributed by atoms with Crippen molar-refractivity contribution in [1.29, 1.82) is 0 Å². The summed E-state index contributed by atoms with van der Waals surface area (Å²) in [5.41, 5.74) is 6.92. The van der Waals surface area contributed by atoms with Crippen LogP contribution in [-0.2, 0) is 4.79 Å². The van der Waals surface area contributed by atoms with Crippen molar-refractivity contribution in [3.8, 4) is 5.82 Å². The summed E-state index contributed by atoms with van der Waals surface area (Å²) in [7, 11) is 0. The van der Waals surface area contributed by atoms with Gasteiger partial charge in [-0.15, -0.1) is 0 Å². The van der Waals surface area contributed by atoms with Gasteiger partial charge in [0, 0.05) is 18.4 Å². The summed E-state index contributed by atoms with van der Waals surface area (Å²) in [6.07, 6.45) is 8.61. The van der Waals surface area contributed by atoms with Crippen LogP contribution < -0.4 is 11.1 Å². The minimum atomic E-state index is -0.0514. The number of hydrogen-bond acceptors (Lipinski definition) is 4. The molecular formula is C16H19N5O. The number of nitrogens with zero attached hydrogens (tertiary/aromatic N) is 3. The number of nitrogens with two attached hydrogens (primary N) is 1. The zero-order valence-corrected chi connectivity index (χ0v) is 12.2. The largest absolute Gasteiger partial charge is 0.327 e. The number of pyridine rings is 1. The molecule has 2 fully saturated rings. The van der Waals surface area contributed by atoms with Crippen LogP contribution in [0.4, 0.5) is 5.69 Å². The molecule has 0 aromatic carbocycles. The van der Waals surface area contributed by atoms with E-state index < -0.39 is 0 Å². The van der Waals surface area contributed by atoms with E-state index in [0.29, 0.717) is 17.5 Å². The molecule has 2 aliphatic rings. The number of hydrogen-bond donors (Lipinski definition) is 2. The zero-order chi connectivity index (χ0) is 15.1. The number of fused-ring (bicyclic) bond motifs is 2. The van der Waals surface area contributed by atoms with Gasteiger partial charge in [0.05, 0.1) is 17.8 Å². The van der Waals surface area contributed by atoms with E-state index in [0.717, 1.165) is 18.7 Å². The van der Waals surface area contributed by atoms with Crippen LogP contribution in [-0.4, -0.2) is 26.7 Å². The fourth-order valence-corrected chi connectivity index (χ4v) is 3.95. The summed E-state index contributed by atoms with van der Waals surface area (Å²) in [5.74, 6) is 1.69. The van der Waals surface area contributed by atoms with Crippen molar-refractivity contribution in [2.45, 2.75) is 25.3 Å². The van der Waals surface area contributed by atoms with Gasteiger partial charge in [-0.1, -0.05) is 0 Å². The number of aromatic nitrogens is 3. The Morgan fingerprint density at radius 1 is 1.32 bits per heavy atom. The third-order valence-electron chi connectivity index (χ3n) is 5.04. The molecule has 2 saturated carbocycles. The quantitative estimate of drug-likeness (QED) is 0.900. The molecule has 0 aliphatic heterocycles. The summed E-state index contributed by atoms with van der Waals surface area (Å²) in [6.45, 7) is 0. The Bertz CT molecular complexity index is 664. The van der Waals surface area contributed by atoms with Crippen LogP contribution in [0.5, 0.6) is 0 Å². The van der Waals surface area contributed by atoms with Gasteiger partial charge >= 0.3 is 0 Å². The highest BCUT2D eigenvalue weighted by atomic mass is 16.2. The van der Waals surface area contributed by atoms with E-state index in [9.17, 15) is 4.79 Å². The van der Waals surface area contributed by atoms with Crippen LogP contribution in [0.1, 0.15) is 19.3 Å². The Hall–Kier alpha value is -2.21. The van der Waals surface area contributed by atoms with Gasteiger partial charge < -0.3 is 11.1 Å². The second kappa shape index (κ2) is 5.21. The molecule has 0 spiro atoms. The first kappa shape index (κ1) is 13.5. The number of carbonyl (C=O) groups is 1. The average molecular weight is 297 g/mol. The van der Waals surface area contributed by atoms with E-state index in [1.54, 1.807) is 17.1 Å². The molecule has 2 aromatic rings. The summed E-state index contributed by atoms with van der Waals surface area (Å²) >= 11 is 0. The highest BCUT2D eigenvalue weighted by molar-refractivity contribution is 5.93. The summed E-state index contributed by atoms with van der Waals surface area (Å²) in [5, 5.41) is 7.09. The fourth-order valence-electron chi connectivity index (χ4n) is 3.95. The molecule has 6 nitrogen and oxygen atoms in total. The molecule has 4 atom stereocenters. The molecule has 6 heteroatoms. The van der Waals surface area contributed by atoms with Gasteiger partial charge in [0.1, 0.15) is 0 Å². The minimum absolute atomic E-state index is 0.00931. The molecule has 2 aromatic heterocycles. The van der Waals surface area contributed by atoms with Crippen molar-refractivity contribution in [3.63, 3.8) is 0 Å². The first-order valence-electron chi connectivity index (χ1n) is 7.75. The lowest BCUT2D eigenvalue weighted by molar-refractivity contribution is -0.121. The number of rotatable bonds is 3. The second-order valence-electron chi connectivity index (χ2n) is 6.28. The van der Waals surface area contributed by atoms with E-state index in [1.165, 1.54) is 6.42 Å². The van der Waals surface area contributed by atoms with Crippen molar-refractivity contribution in [3.05, 3.63) is 36.8 Å². The SMILES string of the molecule is NC1C2CCC(C2)C1C(=O)Nc1ccc(-n2cccn2)nc1. The van der Waals surface area contributed by atoms with Crippen molar-refractivity contribution in [2.24, 2.45) is 23.5 Å². The topological polar surface area (TPSA) is 85.8 Å². The predicted octanol–water partition coefficient (Wildman–Crippen LogP) is 1.58. The van der Waals surface area contributed by atoms with Crippen molar-refractivity contribution < 1.29 is 4.79 Å². The Balaban J connectivity index is 1.46. The maximum absolute atomic E-state index is 12.5. The van der Waals surface area contributed by atoms with E-state index in [2.05, 4.69) is 15.4 Å². The number of anilines is 1. The molecule has 4 unspecified atom stereocenters. The normalized spacial score (nSPS) is 29.7. The maximum atomic E-state index is 12.5. The van der Waals surface area contributed by atoms with Crippen LogP contribution in [0, 0.1) is 17.8 Å². The van der Waals surface area contributed by atoms with Gasteiger partial charge in [0.25, 0.3) is 0 Å². The predicted molar refractivity (Wildman–Crippen MR) is 82.3 cm³/mol. The van der Waals surface area contributed by atoms with Gasteiger partial charge in [-0.05, 0) is 49.3 Å². The average Bonchev–Trinajstić information content (AvgIpc) is 3.25. The molecule has 2 heterocycles. The Labute approximate surface area is 128 Å². The Morgan fingerprint density at radius 2 is 2.18 bits per heavy atom. The second-order valence-corrected chi connectivity index (χ2v) is 6.28. The van der Waals surface area contributed by atoms with E-state index in [1.807, 2.05) is 24.4 Å². The van der Waals surface area contributed by atoms with Gasteiger partial charge in [-0.2, -0.15) is 5.10 Å². The third kappa shape index (κ3) is 2.20. The first-order chi connectivity index (χ1) is 10.7. The number of nitrogens with one attached hydrogen (secondary N) is 1. The standard InChI is InChI=1S/C16H19N5O/c17-15-11-3-2-10(8-11)14(15)16(22)20-12-4-5-13(18-9-12)21-7-1-6-19-21/h1,4-7,9-11,14-15H,2-3,8,17H2,(H,20,22). The van der Waals surface area contributed by atoms with E-state index in [4.69, 9.17) is 5.73 Å². The number of amides is 1. The molecule has 114 valence electrons. The third-order valence-corrected chi connectivity index (χ3v) is 5.04. The highest BCUT2D eigenvalue weighted by Gasteiger charge is 2.49. The molecule has 0 saturated heterocycles. The van der Waals surface area contributed by atoms with E-state index in [-0.39, 0.29) is 17.9 Å². The molecule has 1 amide bonds. The van der Waals surface area contributed by atoms with Gasteiger partial charge in [0.2, 0.25) is 5.91 Å². The van der Waals surface area contributed by atoms with E-state index >= 15 is 0 Å². The molecule has 4 rings (SSSR count). The van der Waals surface area contributed by atoms with Crippen LogP contribution in [0.25, 0.3) is 5.82 Å². The lowest BCUT2D eigenvalue weighted by Gasteiger charge is -2.26. The van der Waals surface area contributed by atoms with Gasteiger partial charge in [0.15, 0.2) is 5.82 Å². The van der Waals surface area contributed by atoms with Crippen LogP contribution in [0.3, 0.4) is 0 Å². The Kier molecular flexibility index (Phi) is 3.18. The molecule has 22 heavy (non-hydrogen) atoms. The summed E-state index contributed by atoms with van der Waals surface area (Å²) in [6, 6.07) is 5.53. The summed E-state index contributed by atoms with van der Waals surface area (Å²) in [4.78, 5) is 16.8. The zero-order valence-electron chi connectivity index (χ0n) is 12.2. The molecule has 2 bridgehead atoms. The molecule has 2 aliphatic carbocycles. The van der Waals surface area contributed by atoms with Crippen molar-refractivity contribution in [1.82, 2.24) is 14.8 Å². The lowest BCUT2D eigenvalue weighted by atomic mass is 9.84. The monoisotopic (exact) mass is 297 g/mol. The Morgan fingerprint density at radius 3 is 2.82 bits per heavy atom. The fraction of sp³-hybridized carbons (Fsp3) is 0.438. The summed E-state index contributed by atoms with van der Waals surface area (Å²) < 4.78 is 1.68. The molecule has 3 N–H and O–H groups in total. The maximum Gasteiger partial charge on any atom is 0.229 e. The molecular weight excluding hydrogens is 278 g/mol.